The highest BCUT2D eigenvalue weighted by molar-refractivity contribution is 5.54. The van der Waals surface area contributed by atoms with Crippen LogP contribution in [0, 0.1) is 0 Å². The van der Waals surface area contributed by atoms with Gasteiger partial charge in [-0.1, -0.05) is 18.5 Å². The van der Waals surface area contributed by atoms with Gasteiger partial charge in [-0.05, 0) is 30.7 Å². The number of alkyl halides is 3. The van der Waals surface area contributed by atoms with Crippen LogP contribution in [-0.4, -0.2) is 16.5 Å². The zero-order valence-electron chi connectivity index (χ0n) is 11.2. The summed E-state index contributed by atoms with van der Waals surface area (Å²) in [6, 6.07) is 4.85. The molecule has 0 radical (unpaired) electrons. The third kappa shape index (κ3) is 4.19. The van der Waals surface area contributed by atoms with Crippen molar-refractivity contribution in [1.82, 2.24) is 10.1 Å². The average Bonchev–Trinajstić information content (AvgIpc) is 2.87. The molecule has 0 saturated heterocycles. The molecule has 1 atom stereocenters. The molecule has 0 aliphatic rings. The molecule has 0 fully saturated rings. The molecular formula is C13H14F3N3O2. The molecule has 0 amide bonds. The van der Waals surface area contributed by atoms with Gasteiger partial charge >= 0.3 is 6.36 Å². The average molecular weight is 301 g/mol. The molecule has 21 heavy (non-hydrogen) atoms. The Morgan fingerprint density at radius 3 is 2.52 bits per heavy atom. The second kappa shape index (κ2) is 6.13. The first-order chi connectivity index (χ1) is 9.89. The maximum Gasteiger partial charge on any atom is 0.573 e. The van der Waals surface area contributed by atoms with E-state index in [2.05, 4.69) is 14.9 Å². The van der Waals surface area contributed by atoms with Crippen molar-refractivity contribution in [2.75, 3.05) is 0 Å². The van der Waals surface area contributed by atoms with Gasteiger partial charge in [0, 0.05) is 5.56 Å². The van der Waals surface area contributed by atoms with Gasteiger partial charge in [-0.15, -0.1) is 13.2 Å². The third-order valence-electron chi connectivity index (χ3n) is 2.71. The lowest BCUT2D eigenvalue weighted by molar-refractivity contribution is -0.274. The molecule has 2 rings (SSSR count). The number of aromatic nitrogens is 2. The van der Waals surface area contributed by atoms with Crippen molar-refractivity contribution in [3.05, 3.63) is 30.1 Å². The number of ether oxygens (including phenoxy) is 1. The van der Waals surface area contributed by atoms with Crippen molar-refractivity contribution in [3.63, 3.8) is 0 Å². The standard InChI is InChI=1S/C13H14F3N3O2/c1-2-3-10(17)11-18-12(21-19-11)8-4-6-9(7-5-8)20-13(14,15)16/h4-7,10H,2-3,17H2,1H3. The van der Waals surface area contributed by atoms with Gasteiger partial charge in [0.15, 0.2) is 5.82 Å². The highest BCUT2D eigenvalue weighted by Crippen LogP contribution is 2.26. The van der Waals surface area contributed by atoms with Crippen LogP contribution in [0.2, 0.25) is 0 Å². The van der Waals surface area contributed by atoms with E-state index in [9.17, 15) is 13.2 Å². The van der Waals surface area contributed by atoms with E-state index in [4.69, 9.17) is 10.3 Å². The van der Waals surface area contributed by atoms with E-state index in [-0.39, 0.29) is 17.7 Å². The van der Waals surface area contributed by atoms with Crippen LogP contribution in [0.25, 0.3) is 11.5 Å². The van der Waals surface area contributed by atoms with E-state index in [1.807, 2.05) is 6.92 Å². The maximum atomic E-state index is 12.1. The summed E-state index contributed by atoms with van der Waals surface area (Å²) in [5.41, 5.74) is 6.35. The highest BCUT2D eigenvalue weighted by Gasteiger charge is 2.31. The summed E-state index contributed by atoms with van der Waals surface area (Å²) >= 11 is 0. The van der Waals surface area contributed by atoms with Crippen molar-refractivity contribution in [1.29, 1.82) is 0 Å². The van der Waals surface area contributed by atoms with Gasteiger partial charge in [-0.25, -0.2) is 0 Å². The Balaban J connectivity index is 2.12. The van der Waals surface area contributed by atoms with Crippen LogP contribution >= 0.6 is 0 Å². The van der Waals surface area contributed by atoms with Crippen LogP contribution in [-0.2, 0) is 0 Å². The van der Waals surface area contributed by atoms with Crippen LogP contribution in [0.4, 0.5) is 13.2 Å². The molecular weight excluding hydrogens is 287 g/mol. The predicted octanol–water partition coefficient (Wildman–Crippen LogP) is 3.44. The number of halogens is 3. The Morgan fingerprint density at radius 1 is 1.29 bits per heavy atom. The fourth-order valence-electron chi connectivity index (χ4n) is 1.74. The van der Waals surface area contributed by atoms with Crippen LogP contribution in [0.1, 0.15) is 31.6 Å². The molecule has 1 aromatic carbocycles. The van der Waals surface area contributed by atoms with Crippen molar-refractivity contribution >= 4 is 0 Å². The molecule has 1 heterocycles. The summed E-state index contributed by atoms with van der Waals surface area (Å²) in [4.78, 5) is 4.14. The summed E-state index contributed by atoms with van der Waals surface area (Å²) < 4.78 is 45.0. The second-order valence-corrected chi connectivity index (χ2v) is 4.43. The normalized spacial score (nSPS) is 13.2. The molecule has 0 aliphatic carbocycles. The van der Waals surface area contributed by atoms with E-state index in [0.717, 1.165) is 12.8 Å². The number of hydrogen-bond donors (Lipinski definition) is 1. The van der Waals surface area contributed by atoms with E-state index in [1.54, 1.807) is 0 Å². The Kier molecular flexibility index (Phi) is 4.46. The molecule has 8 heteroatoms. The summed E-state index contributed by atoms with van der Waals surface area (Å²) in [5.74, 6) is 0.270. The smallest absolute Gasteiger partial charge is 0.406 e. The zero-order valence-corrected chi connectivity index (χ0v) is 11.2. The Morgan fingerprint density at radius 2 is 1.95 bits per heavy atom. The maximum absolute atomic E-state index is 12.1. The van der Waals surface area contributed by atoms with Gasteiger partial charge in [-0.2, -0.15) is 4.98 Å². The molecule has 1 aromatic heterocycles. The van der Waals surface area contributed by atoms with Crippen molar-refractivity contribution in [2.45, 2.75) is 32.2 Å². The molecule has 0 spiro atoms. The summed E-state index contributed by atoms with van der Waals surface area (Å²) in [7, 11) is 0. The van der Waals surface area contributed by atoms with Gasteiger partial charge in [0.1, 0.15) is 5.75 Å². The molecule has 2 N–H and O–H groups in total. The fraction of sp³-hybridized carbons (Fsp3) is 0.385. The molecule has 2 aromatic rings. The van der Waals surface area contributed by atoms with Crippen molar-refractivity contribution < 1.29 is 22.4 Å². The van der Waals surface area contributed by atoms with E-state index in [1.165, 1.54) is 24.3 Å². The number of hydrogen-bond acceptors (Lipinski definition) is 5. The van der Waals surface area contributed by atoms with Gasteiger partial charge in [0.2, 0.25) is 0 Å². The SMILES string of the molecule is CCCC(N)c1noc(-c2ccc(OC(F)(F)F)cc2)n1. The van der Waals surface area contributed by atoms with Crippen LogP contribution in [0.15, 0.2) is 28.8 Å². The number of nitrogens with zero attached hydrogens (tertiary/aromatic N) is 2. The first-order valence-electron chi connectivity index (χ1n) is 6.34. The third-order valence-corrected chi connectivity index (χ3v) is 2.71. The molecule has 5 nitrogen and oxygen atoms in total. The minimum absolute atomic E-state index is 0.204. The van der Waals surface area contributed by atoms with E-state index in [0.29, 0.717) is 11.4 Å². The van der Waals surface area contributed by atoms with Crippen molar-refractivity contribution in [3.8, 4) is 17.2 Å². The lowest BCUT2D eigenvalue weighted by Gasteiger charge is -2.08. The molecule has 0 saturated carbocycles. The summed E-state index contributed by atoms with van der Waals surface area (Å²) in [6.07, 6.45) is -3.11. The second-order valence-electron chi connectivity index (χ2n) is 4.43. The van der Waals surface area contributed by atoms with Crippen LogP contribution in [0.3, 0.4) is 0 Å². The van der Waals surface area contributed by atoms with Crippen LogP contribution < -0.4 is 10.5 Å². The van der Waals surface area contributed by atoms with Crippen LogP contribution in [0.5, 0.6) is 5.75 Å². The number of benzene rings is 1. The van der Waals surface area contributed by atoms with Gasteiger partial charge in [-0.3, -0.25) is 0 Å². The quantitative estimate of drug-likeness (QED) is 0.915. The van der Waals surface area contributed by atoms with Gasteiger partial charge in [0.25, 0.3) is 5.89 Å². The largest absolute Gasteiger partial charge is 0.573 e. The highest BCUT2D eigenvalue weighted by atomic mass is 19.4. The van der Waals surface area contributed by atoms with E-state index >= 15 is 0 Å². The minimum atomic E-state index is -4.72. The Bertz CT molecular complexity index is 581. The molecule has 0 aliphatic heterocycles. The summed E-state index contributed by atoms with van der Waals surface area (Å²) in [5, 5.41) is 3.77. The molecule has 0 bridgehead atoms. The zero-order chi connectivity index (χ0) is 15.5. The predicted molar refractivity (Wildman–Crippen MR) is 68.3 cm³/mol. The monoisotopic (exact) mass is 301 g/mol. The van der Waals surface area contributed by atoms with Gasteiger partial charge in [0.05, 0.1) is 6.04 Å². The lowest BCUT2D eigenvalue weighted by Crippen LogP contribution is -2.16. The van der Waals surface area contributed by atoms with Gasteiger partial charge < -0.3 is 15.0 Å². The molecule has 114 valence electrons. The lowest BCUT2D eigenvalue weighted by atomic mass is 10.2. The number of nitrogens with two attached hydrogens (primary N) is 1. The summed E-state index contributed by atoms with van der Waals surface area (Å²) in [6.45, 7) is 1.99. The van der Waals surface area contributed by atoms with Crippen molar-refractivity contribution in [2.24, 2.45) is 5.73 Å². The Hall–Kier alpha value is -2.09. The first kappa shape index (κ1) is 15.3. The Labute approximate surface area is 118 Å². The fourth-order valence-corrected chi connectivity index (χ4v) is 1.74. The topological polar surface area (TPSA) is 74.2 Å². The molecule has 1 unspecified atom stereocenters. The number of rotatable bonds is 5. The first-order valence-corrected chi connectivity index (χ1v) is 6.34. The van der Waals surface area contributed by atoms with E-state index < -0.39 is 6.36 Å². The minimum Gasteiger partial charge on any atom is -0.406 e.